The molecule has 0 spiro atoms. The third-order valence-electron chi connectivity index (χ3n) is 8.09. The van der Waals surface area contributed by atoms with Crippen molar-refractivity contribution in [3.05, 3.63) is 83.3 Å². The number of carbonyl (C=O) groups excluding carboxylic acids is 2. The Morgan fingerprint density at radius 2 is 1.87 bits per heavy atom. The summed E-state index contributed by atoms with van der Waals surface area (Å²) in [6.45, 7) is 15.2. The Balaban J connectivity index is 1.92. The maximum absolute atomic E-state index is 12.8. The van der Waals surface area contributed by atoms with E-state index in [-0.39, 0.29) is 36.0 Å². The summed E-state index contributed by atoms with van der Waals surface area (Å²) in [6, 6.07) is 0. The summed E-state index contributed by atoms with van der Waals surface area (Å²) in [7, 11) is 0. The molecule has 2 rings (SSSR count). The maximum atomic E-state index is 12.8. The number of hydrogen-bond donors (Lipinski definition) is 0. The van der Waals surface area contributed by atoms with Crippen LogP contribution in [0, 0.1) is 11.8 Å². The predicted octanol–water partition coefficient (Wildman–Crippen LogP) is 8.99. The lowest BCUT2D eigenvalue weighted by Crippen LogP contribution is -2.29. The summed E-state index contributed by atoms with van der Waals surface area (Å²) in [5, 5.41) is 8.37. The van der Waals surface area contributed by atoms with Crippen molar-refractivity contribution in [3.63, 3.8) is 0 Å². The molecule has 1 aromatic heterocycles. The van der Waals surface area contributed by atoms with E-state index in [1.807, 2.05) is 30.8 Å². The monoisotopic (exact) mass is 619 g/mol. The van der Waals surface area contributed by atoms with Gasteiger partial charge in [-0.15, -0.1) is 5.10 Å². The van der Waals surface area contributed by atoms with Crippen LogP contribution in [0.2, 0.25) is 0 Å². The number of nitrogens with zero attached hydrogens (tertiary/aromatic N) is 3. The van der Waals surface area contributed by atoms with Gasteiger partial charge in [-0.05, 0) is 65.2 Å². The average Bonchev–Trinajstić information content (AvgIpc) is 3.46. The Morgan fingerprint density at radius 1 is 1.09 bits per heavy atom. The fourth-order valence-corrected chi connectivity index (χ4v) is 5.21. The van der Waals surface area contributed by atoms with Crippen LogP contribution in [0.25, 0.3) is 0 Å². The molecule has 1 aliphatic rings. The van der Waals surface area contributed by atoms with Crippen LogP contribution in [-0.2, 0) is 32.0 Å². The molecule has 0 saturated carbocycles. The van der Waals surface area contributed by atoms with Crippen molar-refractivity contribution < 1.29 is 19.1 Å². The highest BCUT2D eigenvalue weighted by molar-refractivity contribution is 5.82. The molecule has 0 aliphatic carbocycles. The van der Waals surface area contributed by atoms with Crippen LogP contribution in [0.15, 0.2) is 77.6 Å². The molecule has 7 heteroatoms. The second kappa shape index (κ2) is 21.3. The van der Waals surface area contributed by atoms with Crippen LogP contribution in [-0.4, -0.2) is 39.1 Å². The Kier molecular flexibility index (Phi) is 17.8. The average molecular weight is 620 g/mol. The molecule has 45 heavy (non-hydrogen) atoms. The standard InChI is InChI=1S/C38H57N3O4/c1-8-10-11-12-17-29(3)18-15-19-30(4)26-31(5)24-25-38(43)44-35-22-16-23-37(42)45-36(21-14-13-20-32(35)6)33(7)27-41-28-34(9-2)39-40-41/h13-15,17-19,24-26,28,32-33,35-36H,8-12,16,20-23,27H2,1-7H3/b14-13+,18-15+,25-24+,29-17+,30-19+,31-26+/t32-,33-,35-,36+/m0/s1. The number of rotatable bonds is 14. The van der Waals surface area contributed by atoms with Crippen LogP contribution in [0.4, 0.5) is 0 Å². The Bertz CT molecular complexity index is 1230. The van der Waals surface area contributed by atoms with Crippen LogP contribution in [0.5, 0.6) is 0 Å². The zero-order valence-corrected chi connectivity index (χ0v) is 28.8. The molecular weight excluding hydrogens is 562 g/mol. The molecule has 4 atom stereocenters. The first-order valence-electron chi connectivity index (χ1n) is 16.9. The lowest BCUT2D eigenvalue weighted by Gasteiger charge is -2.26. The lowest BCUT2D eigenvalue weighted by atomic mass is 9.94. The zero-order chi connectivity index (χ0) is 33.0. The lowest BCUT2D eigenvalue weighted by molar-refractivity contribution is -0.152. The van der Waals surface area contributed by atoms with E-state index >= 15 is 0 Å². The zero-order valence-electron chi connectivity index (χ0n) is 28.8. The number of hydrogen-bond acceptors (Lipinski definition) is 6. The van der Waals surface area contributed by atoms with E-state index in [4.69, 9.17) is 9.47 Å². The number of esters is 2. The van der Waals surface area contributed by atoms with Gasteiger partial charge in [0.1, 0.15) is 12.2 Å². The summed E-state index contributed by atoms with van der Waals surface area (Å²) < 4.78 is 13.6. The summed E-state index contributed by atoms with van der Waals surface area (Å²) in [6.07, 6.45) is 28.2. The molecule has 2 heterocycles. The molecule has 7 nitrogen and oxygen atoms in total. The Morgan fingerprint density at radius 3 is 2.60 bits per heavy atom. The van der Waals surface area contributed by atoms with Gasteiger partial charge < -0.3 is 9.47 Å². The summed E-state index contributed by atoms with van der Waals surface area (Å²) in [5.74, 6) is -0.365. The van der Waals surface area contributed by atoms with Crippen LogP contribution >= 0.6 is 0 Å². The third-order valence-corrected chi connectivity index (χ3v) is 8.09. The van der Waals surface area contributed by atoms with E-state index in [1.54, 1.807) is 6.08 Å². The van der Waals surface area contributed by atoms with Gasteiger partial charge in [0, 0.05) is 37.6 Å². The second-order valence-corrected chi connectivity index (χ2v) is 12.5. The van der Waals surface area contributed by atoms with Crippen molar-refractivity contribution in [1.82, 2.24) is 15.0 Å². The van der Waals surface area contributed by atoms with Gasteiger partial charge in [-0.3, -0.25) is 9.48 Å². The van der Waals surface area contributed by atoms with E-state index in [1.165, 1.54) is 30.9 Å². The number of unbranched alkanes of at least 4 members (excludes halogenated alkanes) is 3. The van der Waals surface area contributed by atoms with Gasteiger partial charge in [0.25, 0.3) is 0 Å². The highest BCUT2D eigenvalue weighted by Crippen LogP contribution is 2.23. The van der Waals surface area contributed by atoms with Crippen molar-refractivity contribution in [1.29, 1.82) is 0 Å². The topological polar surface area (TPSA) is 83.3 Å². The molecule has 1 aromatic rings. The molecule has 0 bridgehead atoms. The van der Waals surface area contributed by atoms with Gasteiger partial charge in [-0.2, -0.15) is 0 Å². The van der Waals surface area contributed by atoms with E-state index in [9.17, 15) is 9.59 Å². The van der Waals surface area contributed by atoms with Crippen molar-refractivity contribution in [2.24, 2.45) is 11.8 Å². The van der Waals surface area contributed by atoms with Crippen LogP contribution in [0.1, 0.15) is 112 Å². The van der Waals surface area contributed by atoms with Gasteiger partial charge in [-0.1, -0.05) is 111 Å². The molecule has 248 valence electrons. The minimum absolute atomic E-state index is 0.0885. The molecule has 0 N–H and O–H groups in total. The van der Waals surface area contributed by atoms with Crippen molar-refractivity contribution >= 4 is 11.9 Å². The smallest absolute Gasteiger partial charge is 0.331 e. The number of allylic oxidation sites excluding steroid dienone is 10. The molecule has 0 unspecified atom stereocenters. The first kappa shape index (κ1) is 37.7. The number of cyclic esters (lactones) is 1. The van der Waals surface area contributed by atoms with Gasteiger partial charge in [-0.25, -0.2) is 4.79 Å². The minimum atomic E-state index is -0.364. The van der Waals surface area contributed by atoms with E-state index in [0.29, 0.717) is 32.2 Å². The normalized spacial score (nSPS) is 22.6. The van der Waals surface area contributed by atoms with Gasteiger partial charge >= 0.3 is 11.9 Å². The molecule has 0 saturated heterocycles. The number of aryl methyl sites for hydroxylation is 1. The van der Waals surface area contributed by atoms with E-state index < -0.39 is 0 Å². The number of carbonyl (C=O) groups is 2. The van der Waals surface area contributed by atoms with Gasteiger partial charge in [0.2, 0.25) is 0 Å². The largest absolute Gasteiger partial charge is 0.462 e. The van der Waals surface area contributed by atoms with Gasteiger partial charge in [0.05, 0.1) is 5.69 Å². The number of aromatic nitrogens is 3. The fraction of sp³-hybridized carbons (Fsp3) is 0.579. The number of ether oxygens (including phenoxy) is 2. The van der Waals surface area contributed by atoms with Crippen molar-refractivity contribution in [2.45, 2.75) is 131 Å². The summed E-state index contributed by atoms with van der Waals surface area (Å²) in [5.41, 5.74) is 4.30. The molecular formula is C38H57N3O4. The first-order chi connectivity index (χ1) is 21.6. The second-order valence-electron chi connectivity index (χ2n) is 12.5. The van der Waals surface area contributed by atoms with Crippen molar-refractivity contribution in [2.75, 3.05) is 0 Å². The molecule has 0 amide bonds. The molecule has 0 radical (unpaired) electrons. The highest BCUT2D eigenvalue weighted by atomic mass is 16.5. The SMILES string of the molecule is CCCCC/C=C(C)/C=C/C=C(C)/C=C(C)/C=C/C(=O)O[C@H]1CCCC(=O)O[C@@H]([C@@H](C)Cn2cc(CC)nn2)C/C=C/C[C@@H]1C. The van der Waals surface area contributed by atoms with E-state index in [0.717, 1.165) is 36.1 Å². The first-order valence-corrected chi connectivity index (χ1v) is 16.9. The van der Waals surface area contributed by atoms with Crippen LogP contribution < -0.4 is 0 Å². The minimum Gasteiger partial charge on any atom is -0.462 e. The quantitative estimate of drug-likeness (QED) is 0.0679. The maximum Gasteiger partial charge on any atom is 0.331 e. The predicted molar refractivity (Wildman–Crippen MR) is 183 cm³/mol. The third kappa shape index (κ3) is 15.9. The van der Waals surface area contributed by atoms with E-state index in [2.05, 4.69) is 81.4 Å². The molecule has 0 fully saturated rings. The van der Waals surface area contributed by atoms with Crippen LogP contribution in [0.3, 0.4) is 0 Å². The summed E-state index contributed by atoms with van der Waals surface area (Å²) >= 11 is 0. The summed E-state index contributed by atoms with van der Waals surface area (Å²) in [4.78, 5) is 25.5. The fourth-order valence-electron chi connectivity index (χ4n) is 5.21. The molecule has 0 aromatic carbocycles. The molecule has 1 aliphatic heterocycles. The Hall–Kier alpha value is -3.48. The Labute approximate surface area is 272 Å². The van der Waals surface area contributed by atoms with Gasteiger partial charge in [0.15, 0.2) is 0 Å². The highest BCUT2D eigenvalue weighted by Gasteiger charge is 2.25. The van der Waals surface area contributed by atoms with Crippen molar-refractivity contribution in [3.8, 4) is 0 Å².